The van der Waals surface area contributed by atoms with E-state index in [-0.39, 0.29) is 11.9 Å². The molecule has 0 aromatic carbocycles. The number of halogens is 1. The van der Waals surface area contributed by atoms with Crippen molar-refractivity contribution in [3.8, 4) is 0 Å². The number of rotatable bonds is 2. The zero-order chi connectivity index (χ0) is 12.5. The molecule has 3 N–H and O–H groups in total. The van der Waals surface area contributed by atoms with Crippen LogP contribution in [0.4, 0.5) is 5.82 Å². The van der Waals surface area contributed by atoms with Gasteiger partial charge in [-0.25, -0.2) is 9.97 Å². The van der Waals surface area contributed by atoms with Crippen molar-refractivity contribution in [3.63, 3.8) is 0 Å². The Morgan fingerprint density at radius 1 is 1.59 bits per heavy atom. The average molecular weight is 299 g/mol. The van der Waals surface area contributed by atoms with Crippen molar-refractivity contribution in [2.75, 3.05) is 5.32 Å². The fourth-order valence-corrected chi connectivity index (χ4v) is 2.32. The van der Waals surface area contributed by atoms with Crippen LogP contribution in [0.5, 0.6) is 0 Å². The van der Waals surface area contributed by atoms with E-state index in [2.05, 4.69) is 31.2 Å². The lowest BCUT2D eigenvalue weighted by atomic mass is 9.84. The molecule has 2 atom stereocenters. The lowest BCUT2D eigenvalue weighted by Gasteiger charge is -2.27. The van der Waals surface area contributed by atoms with Gasteiger partial charge in [-0.2, -0.15) is 0 Å². The standard InChI is InChI=1S/C11H15BrN4O/c1-11(4-2-3-7(11)13)10(17)16-9-6-14-8(12)5-15-9/h5-7H,2-4,13H2,1H3,(H,15,16,17). The Bertz CT molecular complexity index is 422. The molecule has 1 aromatic rings. The Balaban J connectivity index is 2.09. The molecule has 1 amide bonds. The summed E-state index contributed by atoms with van der Waals surface area (Å²) in [6.45, 7) is 1.91. The minimum atomic E-state index is -0.491. The molecule has 1 saturated carbocycles. The Labute approximate surface area is 108 Å². The first-order chi connectivity index (χ1) is 8.02. The second kappa shape index (κ2) is 4.70. The van der Waals surface area contributed by atoms with Gasteiger partial charge in [0.25, 0.3) is 0 Å². The second-order valence-electron chi connectivity index (χ2n) is 4.59. The Morgan fingerprint density at radius 3 is 2.88 bits per heavy atom. The number of carbonyl (C=O) groups is 1. The Kier molecular flexibility index (Phi) is 3.44. The molecular weight excluding hydrogens is 284 g/mol. The monoisotopic (exact) mass is 298 g/mol. The molecule has 0 aliphatic heterocycles. The van der Waals surface area contributed by atoms with E-state index in [4.69, 9.17) is 5.73 Å². The zero-order valence-corrected chi connectivity index (χ0v) is 11.2. The highest BCUT2D eigenvalue weighted by molar-refractivity contribution is 9.10. The van der Waals surface area contributed by atoms with Crippen molar-refractivity contribution in [2.45, 2.75) is 32.2 Å². The highest BCUT2D eigenvalue weighted by Gasteiger charge is 2.43. The first kappa shape index (κ1) is 12.4. The maximum atomic E-state index is 12.2. The van der Waals surface area contributed by atoms with Gasteiger partial charge in [-0.1, -0.05) is 6.42 Å². The first-order valence-electron chi connectivity index (χ1n) is 5.57. The summed E-state index contributed by atoms with van der Waals surface area (Å²) in [5.74, 6) is 0.387. The maximum absolute atomic E-state index is 12.2. The molecule has 0 spiro atoms. The number of nitrogens with one attached hydrogen (secondary N) is 1. The van der Waals surface area contributed by atoms with Crippen molar-refractivity contribution in [1.82, 2.24) is 9.97 Å². The summed E-state index contributed by atoms with van der Waals surface area (Å²) in [5.41, 5.74) is 5.50. The van der Waals surface area contributed by atoms with Gasteiger partial charge in [-0.15, -0.1) is 0 Å². The normalized spacial score (nSPS) is 28.1. The minimum absolute atomic E-state index is 0.0703. The van der Waals surface area contributed by atoms with E-state index in [1.807, 2.05) is 6.92 Å². The first-order valence-corrected chi connectivity index (χ1v) is 6.36. The molecule has 1 heterocycles. The van der Waals surface area contributed by atoms with Gasteiger partial charge in [0.2, 0.25) is 5.91 Å². The average Bonchev–Trinajstić information content (AvgIpc) is 2.64. The number of carbonyl (C=O) groups excluding carboxylic acids is 1. The van der Waals surface area contributed by atoms with Crippen molar-refractivity contribution in [2.24, 2.45) is 11.1 Å². The van der Waals surface area contributed by atoms with Crippen LogP contribution in [0, 0.1) is 5.41 Å². The van der Waals surface area contributed by atoms with Crippen LogP contribution in [0.2, 0.25) is 0 Å². The quantitative estimate of drug-likeness (QED) is 0.871. The van der Waals surface area contributed by atoms with Crippen molar-refractivity contribution < 1.29 is 4.79 Å². The number of nitrogens with zero attached hydrogens (tertiary/aromatic N) is 2. The highest BCUT2D eigenvalue weighted by Crippen LogP contribution is 2.37. The third-order valence-corrected chi connectivity index (χ3v) is 3.82. The van der Waals surface area contributed by atoms with Crippen molar-refractivity contribution >= 4 is 27.7 Å². The number of hydrogen-bond donors (Lipinski definition) is 2. The summed E-state index contributed by atoms with van der Waals surface area (Å²) < 4.78 is 0.638. The smallest absolute Gasteiger partial charge is 0.233 e. The van der Waals surface area contributed by atoms with E-state index < -0.39 is 5.41 Å². The third-order valence-electron chi connectivity index (χ3n) is 3.41. The fourth-order valence-electron chi connectivity index (χ4n) is 2.11. The van der Waals surface area contributed by atoms with E-state index in [1.54, 1.807) is 6.20 Å². The van der Waals surface area contributed by atoms with E-state index >= 15 is 0 Å². The van der Waals surface area contributed by atoms with E-state index in [9.17, 15) is 4.79 Å². The molecule has 5 nitrogen and oxygen atoms in total. The topological polar surface area (TPSA) is 80.9 Å². The van der Waals surface area contributed by atoms with Gasteiger partial charge in [-0.3, -0.25) is 4.79 Å². The van der Waals surface area contributed by atoms with E-state index in [1.165, 1.54) is 6.20 Å². The van der Waals surface area contributed by atoms with Crippen LogP contribution >= 0.6 is 15.9 Å². The van der Waals surface area contributed by atoms with Crippen LogP contribution in [0.15, 0.2) is 17.0 Å². The summed E-state index contributed by atoms with van der Waals surface area (Å²) in [5, 5.41) is 2.77. The van der Waals surface area contributed by atoms with E-state index in [0.717, 1.165) is 19.3 Å². The molecule has 2 unspecified atom stereocenters. The number of amides is 1. The van der Waals surface area contributed by atoms with Crippen LogP contribution in [0.1, 0.15) is 26.2 Å². The Hall–Kier alpha value is -1.01. The molecule has 0 saturated heterocycles. The number of nitrogens with two attached hydrogens (primary N) is 1. The van der Waals surface area contributed by atoms with Crippen LogP contribution in [-0.2, 0) is 4.79 Å². The predicted octanol–water partition coefficient (Wildman–Crippen LogP) is 1.70. The van der Waals surface area contributed by atoms with Gasteiger partial charge < -0.3 is 11.1 Å². The minimum Gasteiger partial charge on any atom is -0.327 e. The van der Waals surface area contributed by atoms with Crippen LogP contribution in [-0.4, -0.2) is 21.9 Å². The molecule has 2 rings (SSSR count). The SMILES string of the molecule is CC1(C(=O)Nc2cnc(Br)cn2)CCCC1N. The second-order valence-corrected chi connectivity index (χ2v) is 5.41. The van der Waals surface area contributed by atoms with Crippen molar-refractivity contribution in [1.29, 1.82) is 0 Å². The molecule has 0 radical (unpaired) electrons. The maximum Gasteiger partial charge on any atom is 0.233 e. The van der Waals surface area contributed by atoms with Crippen LogP contribution in [0.3, 0.4) is 0 Å². The zero-order valence-electron chi connectivity index (χ0n) is 9.61. The summed E-state index contributed by atoms with van der Waals surface area (Å²) in [4.78, 5) is 20.2. The molecule has 0 bridgehead atoms. The molecule has 1 aliphatic carbocycles. The summed E-state index contributed by atoms with van der Waals surface area (Å²) in [6, 6.07) is -0.0779. The lowest BCUT2D eigenvalue weighted by Crippen LogP contribution is -2.44. The third kappa shape index (κ3) is 2.47. The lowest BCUT2D eigenvalue weighted by molar-refractivity contribution is -0.125. The van der Waals surface area contributed by atoms with Gasteiger partial charge in [-0.05, 0) is 35.7 Å². The summed E-state index contributed by atoms with van der Waals surface area (Å²) in [7, 11) is 0. The molecule has 6 heteroatoms. The Morgan fingerprint density at radius 2 is 2.35 bits per heavy atom. The predicted molar refractivity (Wildman–Crippen MR) is 68.3 cm³/mol. The van der Waals surface area contributed by atoms with Crippen LogP contribution in [0.25, 0.3) is 0 Å². The molecule has 17 heavy (non-hydrogen) atoms. The number of anilines is 1. The van der Waals surface area contributed by atoms with Gasteiger partial charge in [0.1, 0.15) is 4.60 Å². The summed E-state index contributed by atoms with van der Waals surface area (Å²) in [6.07, 6.45) is 5.79. The largest absolute Gasteiger partial charge is 0.327 e. The van der Waals surface area contributed by atoms with E-state index in [0.29, 0.717) is 10.4 Å². The van der Waals surface area contributed by atoms with Gasteiger partial charge in [0.15, 0.2) is 5.82 Å². The van der Waals surface area contributed by atoms with Gasteiger partial charge >= 0.3 is 0 Å². The molecule has 1 fully saturated rings. The fraction of sp³-hybridized carbons (Fsp3) is 0.545. The summed E-state index contributed by atoms with van der Waals surface area (Å²) >= 11 is 3.19. The highest BCUT2D eigenvalue weighted by atomic mass is 79.9. The number of hydrogen-bond acceptors (Lipinski definition) is 4. The molecule has 1 aliphatic rings. The van der Waals surface area contributed by atoms with Crippen molar-refractivity contribution in [3.05, 3.63) is 17.0 Å². The molecular formula is C11H15BrN4O. The van der Waals surface area contributed by atoms with Crippen LogP contribution < -0.4 is 11.1 Å². The number of aromatic nitrogens is 2. The molecule has 1 aromatic heterocycles. The van der Waals surface area contributed by atoms with Gasteiger partial charge in [0, 0.05) is 6.04 Å². The molecule has 92 valence electrons. The van der Waals surface area contributed by atoms with Gasteiger partial charge in [0.05, 0.1) is 17.8 Å².